The van der Waals surface area contributed by atoms with Crippen LogP contribution in [0.25, 0.3) is 0 Å². The number of aliphatic hydroxyl groups is 1. The minimum atomic E-state index is -0.0815. The normalized spacial score (nSPS) is 23.2. The lowest BCUT2D eigenvalue weighted by atomic mass is 9.80. The summed E-state index contributed by atoms with van der Waals surface area (Å²) in [5.74, 6) is 1.54. The van der Waals surface area contributed by atoms with Crippen LogP contribution in [0.15, 0.2) is 12.7 Å². The molecule has 0 aromatic heterocycles. The fourth-order valence-electron chi connectivity index (χ4n) is 2.75. The molecule has 1 aliphatic rings. The van der Waals surface area contributed by atoms with Crippen molar-refractivity contribution in [2.45, 2.75) is 45.6 Å². The van der Waals surface area contributed by atoms with Crippen LogP contribution in [0.5, 0.6) is 0 Å². The van der Waals surface area contributed by atoms with Crippen LogP contribution >= 0.6 is 0 Å². The summed E-state index contributed by atoms with van der Waals surface area (Å²) in [4.78, 5) is 13.7. The third-order valence-corrected chi connectivity index (χ3v) is 4.05. The van der Waals surface area contributed by atoms with Crippen molar-refractivity contribution < 1.29 is 9.90 Å². The van der Waals surface area contributed by atoms with Gasteiger partial charge in [-0.15, -0.1) is 6.58 Å². The van der Waals surface area contributed by atoms with E-state index in [2.05, 4.69) is 25.7 Å². The molecule has 4 nitrogen and oxygen atoms in total. The molecule has 2 N–H and O–H groups in total. The molecule has 1 rings (SSSR count). The molecule has 0 radical (unpaired) electrons. The Bertz CT molecular complexity index is 284. The van der Waals surface area contributed by atoms with Crippen molar-refractivity contribution in [2.24, 2.45) is 11.8 Å². The van der Waals surface area contributed by atoms with Gasteiger partial charge in [-0.25, -0.2) is 4.79 Å². The third-order valence-electron chi connectivity index (χ3n) is 4.05. The number of hydrogen-bond donors (Lipinski definition) is 2. The van der Waals surface area contributed by atoms with E-state index in [1.807, 2.05) is 0 Å². The molecule has 0 heterocycles. The molecule has 0 saturated heterocycles. The molecule has 1 saturated carbocycles. The molecule has 19 heavy (non-hydrogen) atoms. The molecule has 0 atom stereocenters. The standard InChI is InChI=1S/C15H28N2O2/c1-4-9-17(10-11-18)15(19)16-14-7-5-13(6-8-14)12(2)3/h4,12-14,18H,1,5-11H2,2-3H3,(H,16,19). The van der Waals surface area contributed by atoms with Crippen molar-refractivity contribution >= 4 is 6.03 Å². The van der Waals surface area contributed by atoms with E-state index in [9.17, 15) is 4.79 Å². The maximum absolute atomic E-state index is 12.1. The Hall–Kier alpha value is -1.03. The summed E-state index contributed by atoms with van der Waals surface area (Å²) < 4.78 is 0. The summed E-state index contributed by atoms with van der Waals surface area (Å²) in [5, 5.41) is 12.0. The van der Waals surface area contributed by atoms with E-state index in [-0.39, 0.29) is 18.7 Å². The van der Waals surface area contributed by atoms with Crippen LogP contribution in [0.2, 0.25) is 0 Å². The number of hydrogen-bond acceptors (Lipinski definition) is 2. The number of rotatable bonds is 6. The predicted molar refractivity (Wildman–Crippen MR) is 78.0 cm³/mol. The van der Waals surface area contributed by atoms with E-state index in [4.69, 9.17) is 5.11 Å². The van der Waals surface area contributed by atoms with E-state index in [1.165, 1.54) is 12.8 Å². The number of carbonyl (C=O) groups excluding carboxylic acids is 1. The van der Waals surface area contributed by atoms with E-state index >= 15 is 0 Å². The Balaban J connectivity index is 2.38. The van der Waals surface area contributed by atoms with Crippen LogP contribution < -0.4 is 5.32 Å². The van der Waals surface area contributed by atoms with Gasteiger partial charge in [0.2, 0.25) is 0 Å². The van der Waals surface area contributed by atoms with Crippen LogP contribution in [0.1, 0.15) is 39.5 Å². The molecule has 110 valence electrons. The highest BCUT2D eigenvalue weighted by atomic mass is 16.3. The van der Waals surface area contributed by atoms with Gasteiger partial charge in [-0.3, -0.25) is 0 Å². The smallest absolute Gasteiger partial charge is 0.317 e. The second-order valence-electron chi connectivity index (χ2n) is 5.76. The molecule has 0 aromatic rings. The molecule has 4 heteroatoms. The molecular formula is C15H28N2O2. The van der Waals surface area contributed by atoms with E-state index in [0.717, 1.165) is 24.7 Å². The largest absolute Gasteiger partial charge is 0.395 e. The van der Waals surface area contributed by atoms with Gasteiger partial charge >= 0.3 is 6.03 Å². The summed E-state index contributed by atoms with van der Waals surface area (Å²) in [7, 11) is 0. The molecule has 0 aliphatic heterocycles. The van der Waals surface area contributed by atoms with Crippen LogP contribution in [-0.2, 0) is 0 Å². The number of amides is 2. The summed E-state index contributed by atoms with van der Waals surface area (Å²) in [6.07, 6.45) is 6.21. The maximum Gasteiger partial charge on any atom is 0.317 e. The zero-order valence-corrected chi connectivity index (χ0v) is 12.3. The first-order valence-electron chi connectivity index (χ1n) is 7.35. The molecule has 0 bridgehead atoms. The fraction of sp³-hybridized carbons (Fsp3) is 0.800. The SMILES string of the molecule is C=CCN(CCO)C(=O)NC1CCC(C(C)C)CC1. The minimum absolute atomic E-state index is 0.0125. The number of carbonyl (C=O) groups is 1. The summed E-state index contributed by atoms with van der Waals surface area (Å²) in [5.41, 5.74) is 0. The number of nitrogens with zero attached hydrogens (tertiary/aromatic N) is 1. The lowest BCUT2D eigenvalue weighted by molar-refractivity contribution is 0.172. The Kier molecular flexibility index (Phi) is 6.92. The molecule has 0 unspecified atom stereocenters. The molecule has 1 fully saturated rings. The second-order valence-corrected chi connectivity index (χ2v) is 5.76. The molecular weight excluding hydrogens is 240 g/mol. The quantitative estimate of drug-likeness (QED) is 0.727. The zero-order chi connectivity index (χ0) is 14.3. The van der Waals surface area contributed by atoms with Crippen LogP contribution in [-0.4, -0.2) is 41.8 Å². The summed E-state index contributed by atoms with van der Waals surface area (Å²) in [6.45, 7) is 9.01. The van der Waals surface area contributed by atoms with Gasteiger partial charge < -0.3 is 15.3 Å². The van der Waals surface area contributed by atoms with Crippen molar-refractivity contribution in [1.29, 1.82) is 0 Å². The van der Waals surface area contributed by atoms with E-state index < -0.39 is 0 Å². The summed E-state index contributed by atoms with van der Waals surface area (Å²) >= 11 is 0. The van der Waals surface area contributed by atoms with Gasteiger partial charge in [-0.1, -0.05) is 19.9 Å². The molecule has 0 spiro atoms. The average Bonchev–Trinajstić information content (AvgIpc) is 2.39. The van der Waals surface area contributed by atoms with Gasteiger partial charge in [0.05, 0.1) is 6.61 Å². The average molecular weight is 268 g/mol. The van der Waals surface area contributed by atoms with Gasteiger partial charge in [0.1, 0.15) is 0 Å². The third kappa shape index (κ3) is 5.23. The Morgan fingerprint density at radius 2 is 2.05 bits per heavy atom. The Morgan fingerprint density at radius 3 is 2.53 bits per heavy atom. The Morgan fingerprint density at radius 1 is 1.42 bits per heavy atom. The van der Waals surface area contributed by atoms with Gasteiger partial charge in [-0.2, -0.15) is 0 Å². The number of aliphatic hydroxyl groups excluding tert-OH is 1. The van der Waals surface area contributed by atoms with Gasteiger partial charge in [0, 0.05) is 19.1 Å². The lowest BCUT2D eigenvalue weighted by Crippen LogP contribution is -2.47. The van der Waals surface area contributed by atoms with Crippen molar-refractivity contribution in [1.82, 2.24) is 10.2 Å². The van der Waals surface area contributed by atoms with Crippen LogP contribution in [0.4, 0.5) is 4.79 Å². The van der Waals surface area contributed by atoms with E-state index in [0.29, 0.717) is 13.1 Å². The second kappa shape index (κ2) is 8.20. The highest BCUT2D eigenvalue weighted by Crippen LogP contribution is 2.29. The van der Waals surface area contributed by atoms with Gasteiger partial charge in [0.25, 0.3) is 0 Å². The minimum Gasteiger partial charge on any atom is -0.395 e. The van der Waals surface area contributed by atoms with Crippen molar-refractivity contribution in [2.75, 3.05) is 19.7 Å². The first-order valence-corrected chi connectivity index (χ1v) is 7.35. The molecule has 1 aliphatic carbocycles. The Labute approximate surface area is 116 Å². The highest BCUT2D eigenvalue weighted by molar-refractivity contribution is 5.74. The molecule has 2 amide bonds. The lowest BCUT2D eigenvalue weighted by Gasteiger charge is -2.32. The zero-order valence-electron chi connectivity index (χ0n) is 12.3. The number of urea groups is 1. The monoisotopic (exact) mass is 268 g/mol. The van der Waals surface area contributed by atoms with Gasteiger partial charge in [0.15, 0.2) is 0 Å². The maximum atomic E-state index is 12.1. The highest BCUT2D eigenvalue weighted by Gasteiger charge is 2.25. The topological polar surface area (TPSA) is 52.6 Å². The summed E-state index contributed by atoms with van der Waals surface area (Å²) in [6, 6.07) is 0.204. The van der Waals surface area contributed by atoms with E-state index in [1.54, 1.807) is 11.0 Å². The first-order chi connectivity index (χ1) is 9.08. The molecule has 0 aromatic carbocycles. The van der Waals surface area contributed by atoms with Gasteiger partial charge in [-0.05, 0) is 37.5 Å². The van der Waals surface area contributed by atoms with Crippen molar-refractivity contribution in [3.8, 4) is 0 Å². The number of nitrogens with one attached hydrogen (secondary N) is 1. The predicted octanol–water partition coefficient (Wildman–Crippen LogP) is 2.39. The van der Waals surface area contributed by atoms with Crippen LogP contribution in [0, 0.1) is 11.8 Å². The fourth-order valence-corrected chi connectivity index (χ4v) is 2.75. The van der Waals surface area contributed by atoms with Crippen molar-refractivity contribution in [3.63, 3.8) is 0 Å². The van der Waals surface area contributed by atoms with Crippen LogP contribution in [0.3, 0.4) is 0 Å². The first kappa shape index (κ1) is 16.0. The van der Waals surface area contributed by atoms with Crippen molar-refractivity contribution in [3.05, 3.63) is 12.7 Å².